The molecule has 0 aromatic rings. The topological polar surface area (TPSA) is 0 Å². The summed E-state index contributed by atoms with van der Waals surface area (Å²) in [6.45, 7) is 23.0. The molecule has 170 valence electrons. The molecule has 9 atom stereocenters. The van der Waals surface area contributed by atoms with Crippen molar-refractivity contribution in [2.75, 3.05) is 0 Å². The smallest absolute Gasteiger partial charge is 0.0175 e. The average Bonchev–Trinajstić information content (AvgIpc) is 2.99. The van der Waals surface area contributed by atoms with E-state index in [0.717, 1.165) is 29.6 Å². The molecule has 5 unspecified atom stereocenters. The molecule has 0 radical (unpaired) electrons. The predicted molar refractivity (Wildman–Crippen MR) is 129 cm³/mol. The number of fused-ring (bicyclic) bond motifs is 7. The second-order valence-electron chi connectivity index (χ2n) is 14.6. The fourth-order valence-corrected chi connectivity index (χ4v) is 11.9. The summed E-state index contributed by atoms with van der Waals surface area (Å²) in [5.41, 5.74) is 4.26. The SMILES string of the molecule is C=C(C)C1CCC2(C)[C@H]3CCC4[C@@]5(C)CCCC(C)(C)C5CC[C@@]4(C)C3(C)CC[C@@H]12. The van der Waals surface area contributed by atoms with Gasteiger partial charge in [0, 0.05) is 0 Å². The van der Waals surface area contributed by atoms with Crippen LogP contribution in [0, 0.1) is 56.7 Å². The second-order valence-corrected chi connectivity index (χ2v) is 14.6. The highest BCUT2D eigenvalue weighted by atomic mass is 14.7. The van der Waals surface area contributed by atoms with Gasteiger partial charge in [0.05, 0.1) is 0 Å². The number of hydrogen-bond donors (Lipinski definition) is 0. The van der Waals surface area contributed by atoms with Gasteiger partial charge in [0.25, 0.3) is 0 Å². The monoisotopic (exact) mass is 410 g/mol. The van der Waals surface area contributed by atoms with Crippen LogP contribution in [-0.4, -0.2) is 0 Å². The van der Waals surface area contributed by atoms with Gasteiger partial charge in [-0.25, -0.2) is 0 Å². The first-order chi connectivity index (χ1) is 13.9. The molecule has 0 bridgehead atoms. The summed E-state index contributed by atoms with van der Waals surface area (Å²) in [4.78, 5) is 0. The summed E-state index contributed by atoms with van der Waals surface area (Å²) in [6.07, 6.45) is 16.3. The maximum atomic E-state index is 4.43. The van der Waals surface area contributed by atoms with Crippen molar-refractivity contribution < 1.29 is 0 Å². The van der Waals surface area contributed by atoms with Gasteiger partial charge < -0.3 is 0 Å². The van der Waals surface area contributed by atoms with E-state index in [0.29, 0.717) is 27.1 Å². The number of allylic oxidation sites excluding steroid dienone is 1. The lowest BCUT2D eigenvalue weighted by atomic mass is 9.32. The Morgan fingerprint density at radius 2 is 1.23 bits per heavy atom. The van der Waals surface area contributed by atoms with E-state index in [-0.39, 0.29) is 0 Å². The molecule has 0 saturated heterocycles. The lowest BCUT2D eigenvalue weighted by molar-refractivity contribution is -0.240. The van der Waals surface area contributed by atoms with E-state index in [1.165, 1.54) is 76.2 Å². The van der Waals surface area contributed by atoms with Crippen LogP contribution in [0.1, 0.15) is 119 Å². The zero-order valence-corrected chi connectivity index (χ0v) is 21.4. The Balaban J connectivity index is 1.53. The summed E-state index contributed by atoms with van der Waals surface area (Å²) >= 11 is 0. The Morgan fingerprint density at radius 3 is 1.87 bits per heavy atom. The average molecular weight is 411 g/mol. The van der Waals surface area contributed by atoms with Gasteiger partial charge in [0.1, 0.15) is 0 Å². The van der Waals surface area contributed by atoms with Crippen molar-refractivity contribution in [3.8, 4) is 0 Å². The van der Waals surface area contributed by atoms with Crippen LogP contribution in [0.5, 0.6) is 0 Å². The first-order valence-corrected chi connectivity index (χ1v) is 13.6. The van der Waals surface area contributed by atoms with Crippen molar-refractivity contribution in [3.63, 3.8) is 0 Å². The van der Waals surface area contributed by atoms with Gasteiger partial charge in [-0.05, 0) is 128 Å². The maximum Gasteiger partial charge on any atom is -0.0175 e. The van der Waals surface area contributed by atoms with Crippen LogP contribution >= 0.6 is 0 Å². The van der Waals surface area contributed by atoms with Crippen molar-refractivity contribution >= 4 is 0 Å². The second kappa shape index (κ2) is 6.41. The summed E-state index contributed by atoms with van der Waals surface area (Å²) in [7, 11) is 0. The van der Waals surface area contributed by atoms with E-state index >= 15 is 0 Å². The highest BCUT2D eigenvalue weighted by Gasteiger charge is 2.70. The van der Waals surface area contributed by atoms with E-state index in [9.17, 15) is 0 Å². The molecule has 0 heteroatoms. The van der Waals surface area contributed by atoms with Gasteiger partial charge in [0.15, 0.2) is 0 Å². The van der Waals surface area contributed by atoms with E-state index < -0.39 is 0 Å². The molecule has 0 aromatic heterocycles. The van der Waals surface area contributed by atoms with Crippen molar-refractivity contribution in [1.82, 2.24) is 0 Å². The first kappa shape index (κ1) is 21.6. The Labute approximate surface area is 188 Å². The molecule has 0 aliphatic heterocycles. The van der Waals surface area contributed by atoms with Crippen LogP contribution in [0.3, 0.4) is 0 Å². The lowest BCUT2D eigenvalue weighted by Gasteiger charge is -2.73. The summed E-state index contributed by atoms with van der Waals surface area (Å²) in [5.74, 6) is 4.54. The van der Waals surface area contributed by atoms with Crippen LogP contribution in [0.4, 0.5) is 0 Å². The first-order valence-electron chi connectivity index (χ1n) is 13.6. The third kappa shape index (κ3) is 2.46. The van der Waals surface area contributed by atoms with E-state index in [1.54, 1.807) is 0 Å². The number of hydrogen-bond acceptors (Lipinski definition) is 0. The molecule has 5 aliphatic rings. The van der Waals surface area contributed by atoms with Crippen LogP contribution < -0.4 is 0 Å². The van der Waals surface area contributed by atoms with Gasteiger partial charge in [-0.1, -0.05) is 60.1 Å². The van der Waals surface area contributed by atoms with Crippen molar-refractivity contribution in [2.24, 2.45) is 56.7 Å². The third-order valence-corrected chi connectivity index (χ3v) is 13.3. The molecule has 0 heterocycles. The summed E-state index contributed by atoms with van der Waals surface area (Å²) in [5, 5.41) is 0. The molecular weight excluding hydrogens is 360 g/mol. The summed E-state index contributed by atoms with van der Waals surface area (Å²) < 4.78 is 0. The van der Waals surface area contributed by atoms with Gasteiger partial charge >= 0.3 is 0 Å². The van der Waals surface area contributed by atoms with Crippen molar-refractivity contribution in [3.05, 3.63) is 12.2 Å². The maximum absolute atomic E-state index is 4.43. The highest BCUT2D eigenvalue weighted by Crippen LogP contribution is 2.77. The summed E-state index contributed by atoms with van der Waals surface area (Å²) in [6, 6.07) is 0. The minimum Gasteiger partial charge on any atom is -0.0999 e. The lowest BCUT2D eigenvalue weighted by Crippen LogP contribution is -2.65. The Hall–Kier alpha value is -0.260. The van der Waals surface area contributed by atoms with E-state index in [1.807, 2.05) is 0 Å². The number of rotatable bonds is 1. The van der Waals surface area contributed by atoms with Gasteiger partial charge in [-0.3, -0.25) is 0 Å². The molecule has 5 saturated carbocycles. The van der Waals surface area contributed by atoms with Crippen LogP contribution in [0.25, 0.3) is 0 Å². The van der Waals surface area contributed by atoms with Crippen molar-refractivity contribution in [2.45, 2.75) is 119 Å². The van der Waals surface area contributed by atoms with E-state index in [2.05, 4.69) is 55.0 Å². The van der Waals surface area contributed by atoms with Gasteiger partial charge in [0.2, 0.25) is 0 Å². The van der Waals surface area contributed by atoms with Crippen LogP contribution in [-0.2, 0) is 0 Å². The largest absolute Gasteiger partial charge is 0.0999 e. The Kier molecular flexibility index (Phi) is 4.61. The minimum atomic E-state index is 0.542. The molecular formula is C30H50. The van der Waals surface area contributed by atoms with Crippen LogP contribution in [0.15, 0.2) is 12.2 Å². The fraction of sp³-hybridized carbons (Fsp3) is 0.933. The standard InChI is InChI=1S/C30H50/c1-20(2)21-12-17-27(5)22(21)13-18-29(7)24(27)10-11-25-28(6)16-9-15-26(3,4)23(28)14-19-30(25,29)8/h21-25H,1,9-19H2,2-8H3/t21?,22-,23?,24+,25?,27?,28-,29?,30+/m0/s1. The predicted octanol–water partition coefficient (Wildman–Crippen LogP) is 9.05. The van der Waals surface area contributed by atoms with Crippen LogP contribution in [0.2, 0.25) is 0 Å². The molecule has 0 amide bonds. The van der Waals surface area contributed by atoms with Gasteiger partial charge in [-0.15, -0.1) is 0 Å². The third-order valence-electron chi connectivity index (χ3n) is 13.3. The highest BCUT2D eigenvalue weighted by molar-refractivity contribution is 5.20. The molecule has 0 aromatic carbocycles. The zero-order valence-electron chi connectivity index (χ0n) is 21.4. The fourth-order valence-electron chi connectivity index (χ4n) is 11.9. The molecule has 5 rings (SSSR count). The van der Waals surface area contributed by atoms with Crippen molar-refractivity contribution in [1.29, 1.82) is 0 Å². The Bertz CT molecular complexity index is 730. The normalized spacial score (nSPS) is 57.0. The quantitative estimate of drug-likeness (QED) is 0.378. The van der Waals surface area contributed by atoms with Gasteiger partial charge in [-0.2, -0.15) is 0 Å². The molecule has 5 aliphatic carbocycles. The Morgan fingerprint density at radius 1 is 0.633 bits per heavy atom. The zero-order chi connectivity index (χ0) is 21.7. The molecule has 5 fully saturated rings. The molecule has 30 heavy (non-hydrogen) atoms. The molecule has 0 spiro atoms. The molecule has 0 nitrogen and oxygen atoms in total. The van der Waals surface area contributed by atoms with E-state index in [4.69, 9.17) is 0 Å². The minimum absolute atomic E-state index is 0.542. The molecule has 0 N–H and O–H groups in total.